The summed E-state index contributed by atoms with van der Waals surface area (Å²) < 4.78 is 5.53. The van der Waals surface area contributed by atoms with E-state index in [0.717, 1.165) is 0 Å². The van der Waals surface area contributed by atoms with Crippen molar-refractivity contribution in [3.8, 4) is 0 Å². The third kappa shape index (κ3) is 3.18. The molecule has 1 aromatic carbocycles. The molecule has 0 aliphatic heterocycles. The van der Waals surface area contributed by atoms with Crippen molar-refractivity contribution >= 4 is 27.9 Å². The van der Waals surface area contributed by atoms with Crippen molar-refractivity contribution in [1.82, 2.24) is 0 Å². The van der Waals surface area contributed by atoms with Crippen molar-refractivity contribution in [2.24, 2.45) is 0 Å². The summed E-state index contributed by atoms with van der Waals surface area (Å²) >= 11 is 1.79. The molecule has 0 spiro atoms. The molecule has 0 aliphatic carbocycles. The van der Waals surface area contributed by atoms with Crippen LogP contribution in [0.1, 0.15) is 6.92 Å². The summed E-state index contributed by atoms with van der Waals surface area (Å²) in [7, 11) is 0. The monoisotopic (exact) mass is 208 g/mol. The Bertz CT molecular complexity index is 351. The van der Waals surface area contributed by atoms with E-state index in [1.165, 1.54) is 10.1 Å². The predicted molar refractivity (Wildman–Crippen MR) is 59.5 cm³/mol. The standard InChI is InChI=1S/C8H6S.C3H6O2/c1-2-4-8-7(3-1)5-6-9-8;1-2-5-3-4/h1-6H;3H,2H2,1H3. The van der Waals surface area contributed by atoms with Gasteiger partial charge in [-0.2, -0.15) is 0 Å². The quantitative estimate of drug-likeness (QED) is 0.709. The molecule has 0 atom stereocenters. The van der Waals surface area contributed by atoms with Crippen LogP contribution in [0.5, 0.6) is 0 Å². The van der Waals surface area contributed by atoms with Crippen molar-refractivity contribution in [2.75, 3.05) is 6.61 Å². The maximum atomic E-state index is 9.18. The Kier molecular flexibility index (Phi) is 4.72. The highest BCUT2D eigenvalue weighted by Gasteiger charge is 1.87. The van der Waals surface area contributed by atoms with E-state index < -0.39 is 0 Å². The minimum absolute atomic E-state index is 0.431. The average Bonchev–Trinajstić information content (AvgIpc) is 2.67. The highest BCUT2D eigenvalue weighted by molar-refractivity contribution is 7.17. The number of hydrogen-bond acceptors (Lipinski definition) is 3. The maximum absolute atomic E-state index is 9.18. The summed E-state index contributed by atoms with van der Waals surface area (Å²) in [6.45, 7) is 2.66. The SMILES string of the molecule is CCOC=O.c1ccc2sccc2c1. The van der Waals surface area contributed by atoms with Crippen LogP contribution in [0.2, 0.25) is 0 Å². The smallest absolute Gasteiger partial charge is 0.293 e. The number of fused-ring (bicyclic) bond motifs is 1. The van der Waals surface area contributed by atoms with Crippen molar-refractivity contribution in [2.45, 2.75) is 6.92 Å². The number of carbonyl (C=O) groups is 1. The number of carbonyl (C=O) groups excluding carboxylic acids is 1. The third-order valence-corrected chi connectivity index (χ3v) is 2.49. The lowest BCUT2D eigenvalue weighted by Gasteiger charge is -1.82. The van der Waals surface area contributed by atoms with E-state index in [9.17, 15) is 4.79 Å². The maximum Gasteiger partial charge on any atom is 0.293 e. The Labute approximate surface area is 87.1 Å². The molecule has 0 N–H and O–H groups in total. The second kappa shape index (κ2) is 6.16. The molecule has 1 aromatic heterocycles. The lowest BCUT2D eigenvalue weighted by molar-refractivity contribution is -0.128. The molecule has 0 fully saturated rings. The van der Waals surface area contributed by atoms with Gasteiger partial charge in [-0.1, -0.05) is 18.2 Å². The van der Waals surface area contributed by atoms with Crippen LogP contribution in [0.15, 0.2) is 35.7 Å². The first-order valence-corrected chi connectivity index (χ1v) is 5.24. The van der Waals surface area contributed by atoms with E-state index in [4.69, 9.17) is 0 Å². The molecule has 0 amide bonds. The topological polar surface area (TPSA) is 26.3 Å². The lowest BCUT2D eigenvalue weighted by Crippen LogP contribution is -1.80. The minimum atomic E-state index is 0.431. The molecule has 2 aromatic rings. The summed E-state index contributed by atoms with van der Waals surface area (Å²) in [6, 6.07) is 10.5. The molecule has 2 nitrogen and oxygen atoms in total. The van der Waals surface area contributed by atoms with Crippen LogP contribution in [-0.2, 0) is 9.53 Å². The second-order valence-electron chi connectivity index (χ2n) is 2.51. The van der Waals surface area contributed by atoms with E-state index in [2.05, 4.69) is 40.4 Å². The van der Waals surface area contributed by atoms with Gasteiger partial charge in [0.2, 0.25) is 0 Å². The van der Waals surface area contributed by atoms with Gasteiger partial charge in [0.1, 0.15) is 0 Å². The number of hydrogen-bond donors (Lipinski definition) is 0. The third-order valence-electron chi connectivity index (χ3n) is 1.60. The average molecular weight is 208 g/mol. The lowest BCUT2D eigenvalue weighted by atomic mass is 10.3. The Morgan fingerprint density at radius 1 is 1.36 bits per heavy atom. The molecular weight excluding hydrogens is 196 g/mol. The van der Waals surface area contributed by atoms with E-state index >= 15 is 0 Å². The van der Waals surface area contributed by atoms with Gasteiger partial charge in [-0.3, -0.25) is 4.79 Å². The molecule has 0 aliphatic rings. The normalized spacial score (nSPS) is 8.93. The number of ether oxygens (including phenoxy) is 1. The molecule has 1 heterocycles. The minimum Gasteiger partial charge on any atom is -0.468 e. The Morgan fingerprint density at radius 3 is 2.71 bits per heavy atom. The van der Waals surface area contributed by atoms with Gasteiger partial charge in [0, 0.05) is 4.70 Å². The highest BCUT2D eigenvalue weighted by Crippen LogP contribution is 2.18. The molecule has 0 saturated carbocycles. The summed E-state index contributed by atoms with van der Waals surface area (Å²) in [5.41, 5.74) is 0. The predicted octanol–water partition coefficient (Wildman–Crippen LogP) is 3.08. The van der Waals surface area contributed by atoms with E-state index in [1.54, 1.807) is 18.3 Å². The molecule has 0 radical (unpaired) electrons. The van der Waals surface area contributed by atoms with Crippen LogP contribution in [0.4, 0.5) is 0 Å². The van der Waals surface area contributed by atoms with Gasteiger partial charge in [0.05, 0.1) is 6.61 Å². The van der Waals surface area contributed by atoms with Crippen molar-refractivity contribution in [3.05, 3.63) is 35.7 Å². The second-order valence-corrected chi connectivity index (χ2v) is 3.46. The van der Waals surface area contributed by atoms with Crippen LogP contribution < -0.4 is 0 Å². The zero-order valence-electron chi connectivity index (χ0n) is 7.97. The highest BCUT2D eigenvalue weighted by atomic mass is 32.1. The molecular formula is C11H12O2S. The van der Waals surface area contributed by atoms with Gasteiger partial charge in [0.25, 0.3) is 6.47 Å². The first-order valence-electron chi connectivity index (χ1n) is 4.36. The van der Waals surface area contributed by atoms with Gasteiger partial charge >= 0.3 is 0 Å². The largest absolute Gasteiger partial charge is 0.468 e. The van der Waals surface area contributed by atoms with Crippen LogP contribution in [-0.4, -0.2) is 13.1 Å². The van der Waals surface area contributed by atoms with Crippen LogP contribution in [0, 0.1) is 0 Å². The molecule has 0 saturated heterocycles. The summed E-state index contributed by atoms with van der Waals surface area (Å²) in [4.78, 5) is 9.18. The van der Waals surface area contributed by atoms with Crippen molar-refractivity contribution in [1.29, 1.82) is 0 Å². The Balaban J connectivity index is 0.000000171. The first kappa shape index (κ1) is 10.7. The molecule has 0 unspecified atom stereocenters. The van der Waals surface area contributed by atoms with Gasteiger partial charge < -0.3 is 4.74 Å². The van der Waals surface area contributed by atoms with E-state index in [1.807, 2.05) is 0 Å². The fourth-order valence-corrected chi connectivity index (χ4v) is 1.76. The molecule has 0 bridgehead atoms. The van der Waals surface area contributed by atoms with Gasteiger partial charge in [-0.05, 0) is 29.8 Å². The zero-order chi connectivity index (χ0) is 10.2. The fraction of sp³-hybridized carbons (Fsp3) is 0.182. The van der Waals surface area contributed by atoms with Crippen LogP contribution >= 0.6 is 11.3 Å². The van der Waals surface area contributed by atoms with Crippen molar-refractivity contribution < 1.29 is 9.53 Å². The van der Waals surface area contributed by atoms with Gasteiger partial charge in [-0.15, -0.1) is 11.3 Å². The van der Waals surface area contributed by atoms with Gasteiger partial charge in [-0.25, -0.2) is 0 Å². The van der Waals surface area contributed by atoms with Gasteiger partial charge in [0.15, 0.2) is 0 Å². The number of benzene rings is 1. The molecule has 14 heavy (non-hydrogen) atoms. The first-order chi connectivity index (χ1) is 6.88. The molecule has 3 heteroatoms. The van der Waals surface area contributed by atoms with Crippen molar-refractivity contribution in [3.63, 3.8) is 0 Å². The summed E-state index contributed by atoms with van der Waals surface area (Å²) in [6.07, 6.45) is 0. The summed E-state index contributed by atoms with van der Waals surface area (Å²) in [5, 5.41) is 3.47. The molecule has 74 valence electrons. The zero-order valence-corrected chi connectivity index (χ0v) is 8.79. The molecule has 2 rings (SSSR count). The fourth-order valence-electron chi connectivity index (χ4n) is 0.974. The van der Waals surface area contributed by atoms with Crippen LogP contribution in [0.25, 0.3) is 10.1 Å². The summed E-state index contributed by atoms with van der Waals surface area (Å²) in [5.74, 6) is 0. The van der Waals surface area contributed by atoms with E-state index in [0.29, 0.717) is 13.1 Å². The van der Waals surface area contributed by atoms with Crippen LogP contribution in [0.3, 0.4) is 0 Å². The van der Waals surface area contributed by atoms with E-state index in [-0.39, 0.29) is 0 Å². The Hall–Kier alpha value is -1.35. The number of rotatable bonds is 2. The number of thiophene rings is 1. The Morgan fingerprint density at radius 2 is 2.14 bits per heavy atom.